The van der Waals surface area contributed by atoms with Crippen molar-refractivity contribution in [2.24, 2.45) is 0 Å². The van der Waals surface area contributed by atoms with Crippen LogP contribution < -0.4 is 5.32 Å². The molecule has 0 aromatic carbocycles. The fourth-order valence-corrected chi connectivity index (χ4v) is 1.26. The molecule has 0 saturated heterocycles. The van der Waals surface area contributed by atoms with Gasteiger partial charge in [0.1, 0.15) is 5.82 Å². The molecule has 4 nitrogen and oxygen atoms in total. The maximum absolute atomic E-state index is 11.3. The van der Waals surface area contributed by atoms with Crippen LogP contribution in [-0.2, 0) is 10.2 Å². The van der Waals surface area contributed by atoms with Gasteiger partial charge in [-0.25, -0.2) is 9.78 Å². The second-order valence-corrected chi connectivity index (χ2v) is 5.26. The van der Waals surface area contributed by atoms with Crippen molar-refractivity contribution in [1.82, 2.24) is 4.98 Å². The summed E-state index contributed by atoms with van der Waals surface area (Å²) in [4.78, 5) is 15.5. The zero-order valence-corrected chi connectivity index (χ0v) is 11.1. The minimum Gasteiger partial charge on any atom is -0.447 e. The Hall–Kier alpha value is -1.58. The lowest BCUT2D eigenvalue weighted by Gasteiger charge is -2.18. The molecule has 0 atom stereocenters. The summed E-state index contributed by atoms with van der Waals surface area (Å²) < 4.78 is 4.96. The van der Waals surface area contributed by atoms with Crippen LogP contribution in [0.25, 0.3) is 0 Å². The number of carbonyl (C=O) groups is 1. The van der Waals surface area contributed by atoms with Gasteiger partial charge < -0.3 is 4.74 Å². The van der Waals surface area contributed by atoms with Crippen molar-refractivity contribution < 1.29 is 9.53 Å². The van der Waals surface area contributed by atoms with Gasteiger partial charge >= 0.3 is 6.09 Å². The summed E-state index contributed by atoms with van der Waals surface area (Å²) in [6, 6.07) is 3.74. The van der Waals surface area contributed by atoms with Gasteiger partial charge in [-0.15, -0.1) is 0 Å². The quantitative estimate of drug-likeness (QED) is 0.856. The van der Waals surface area contributed by atoms with Crippen LogP contribution in [0.1, 0.15) is 40.2 Å². The van der Waals surface area contributed by atoms with Crippen molar-refractivity contribution in [2.75, 3.05) is 5.32 Å². The zero-order valence-electron chi connectivity index (χ0n) is 11.1. The molecule has 0 radical (unpaired) electrons. The number of ether oxygens (including phenoxy) is 1. The van der Waals surface area contributed by atoms with E-state index in [4.69, 9.17) is 4.74 Å². The average Bonchev–Trinajstić information content (AvgIpc) is 2.15. The topological polar surface area (TPSA) is 51.2 Å². The number of nitrogens with zero attached hydrogens (tertiary/aromatic N) is 1. The third-order valence-corrected chi connectivity index (χ3v) is 2.20. The van der Waals surface area contributed by atoms with E-state index < -0.39 is 6.09 Å². The highest BCUT2D eigenvalue weighted by Crippen LogP contribution is 2.21. The Morgan fingerprint density at radius 3 is 2.41 bits per heavy atom. The highest BCUT2D eigenvalue weighted by molar-refractivity contribution is 5.83. The minimum atomic E-state index is -0.476. The Labute approximate surface area is 102 Å². The molecule has 0 fully saturated rings. The first-order valence-corrected chi connectivity index (χ1v) is 5.73. The second-order valence-electron chi connectivity index (χ2n) is 5.26. The van der Waals surface area contributed by atoms with Crippen molar-refractivity contribution in [3.63, 3.8) is 0 Å². The van der Waals surface area contributed by atoms with Crippen LogP contribution in [0.4, 0.5) is 10.6 Å². The molecule has 1 amide bonds. The number of rotatable bonds is 2. The van der Waals surface area contributed by atoms with Gasteiger partial charge in [0, 0.05) is 6.20 Å². The van der Waals surface area contributed by atoms with Crippen LogP contribution in [0.15, 0.2) is 18.3 Å². The molecule has 0 bridgehead atoms. The molecular weight excluding hydrogens is 216 g/mol. The van der Waals surface area contributed by atoms with Crippen molar-refractivity contribution in [3.05, 3.63) is 23.9 Å². The van der Waals surface area contributed by atoms with Crippen molar-refractivity contribution >= 4 is 11.9 Å². The van der Waals surface area contributed by atoms with Crippen molar-refractivity contribution in [2.45, 2.75) is 46.1 Å². The van der Waals surface area contributed by atoms with E-state index in [0.717, 1.165) is 5.56 Å². The van der Waals surface area contributed by atoms with E-state index in [-0.39, 0.29) is 11.5 Å². The zero-order chi connectivity index (χ0) is 13.1. The summed E-state index contributed by atoms with van der Waals surface area (Å²) in [7, 11) is 0. The van der Waals surface area contributed by atoms with Gasteiger partial charge in [0.2, 0.25) is 0 Å². The smallest absolute Gasteiger partial charge is 0.413 e. The van der Waals surface area contributed by atoms with Crippen LogP contribution in [0.5, 0.6) is 0 Å². The Kier molecular flexibility index (Phi) is 4.10. The minimum absolute atomic E-state index is 0.0595. The van der Waals surface area contributed by atoms with Gasteiger partial charge in [-0.1, -0.05) is 26.8 Å². The summed E-state index contributed by atoms with van der Waals surface area (Å²) in [6.45, 7) is 9.95. The SMILES string of the molecule is CC(C)OC(=O)Nc1ccc(C(C)(C)C)cn1. The number of carbonyl (C=O) groups excluding carboxylic acids is 1. The van der Waals surface area contributed by atoms with Crippen LogP contribution >= 0.6 is 0 Å². The molecule has 1 N–H and O–H groups in total. The standard InChI is InChI=1S/C13H20N2O2/c1-9(2)17-12(16)15-11-7-6-10(8-14-11)13(3,4)5/h6-9H,1-5H3,(H,14,15,16). The Balaban J connectivity index is 2.66. The van der Waals surface area contributed by atoms with E-state index in [0.29, 0.717) is 5.82 Å². The predicted molar refractivity (Wildman–Crippen MR) is 68.2 cm³/mol. The maximum atomic E-state index is 11.3. The third-order valence-electron chi connectivity index (χ3n) is 2.20. The molecular formula is C13H20N2O2. The molecule has 0 spiro atoms. The van der Waals surface area contributed by atoms with E-state index in [2.05, 4.69) is 31.1 Å². The fraction of sp³-hybridized carbons (Fsp3) is 0.538. The van der Waals surface area contributed by atoms with Crippen LogP contribution in [0.2, 0.25) is 0 Å². The molecule has 94 valence electrons. The van der Waals surface area contributed by atoms with Crippen molar-refractivity contribution in [1.29, 1.82) is 0 Å². The number of amides is 1. The number of pyridine rings is 1. The normalized spacial score (nSPS) is 11.4. The molecule has 1 heterocycles. The Bertz CT molecular complexity index is 377. The molecule has 0 aliphatic carbocycles. The Morgan fingerprint density at radius 1 is 1.35 bits per heavy atom. The number of hydrogen-bond acceptors (Lipinski definition) is 3. The molecule has 4 heteroatoms. The highest BCUT2D eigenvalue weighted by atomic mass is 16.6. The summed E-state index contributed by atoms with van der Waals surface area (Å²) in [5.74, 6) is 0.503. The lowest BCUT2D eigenvalue weighted by atomic mass is 9.88. The molecule has 1 rings (SSSR count). The lowest BCUT2D eigenvalue weighted by molar-refractivity contribution is 0.130. The number of aromatic nitrogens is 1. The summed E-state index contributed by atoms with van der Waals surface area (Å²) >= 11 is 0. The number of hydrogen-bond donors (Lipinski definition) is 1. The van der Waals surface area contributed by atoms with Gasteiger partial charge in [0.05, 0.1) is 6.10 Å². The average molecular weight is 236 g/mol. The van der Waals surface area contributed by atoms with Gasteiger partial charge in [0.15, 0.2) is 0 Å². The molecule has 1 aromatic heterocycles. The van der Waals surface area contributed by atoms with Gasteiger partial charge in [-0.05, 0) is 30.9 Å². The monoisotopic (exact) mass is 236 g/mol. The van der Waals surface area contributed by atoms with Gasteiger partial charge in [-0.3, -0.25) is 5.32 Å². The van der Waals surface area contributed by atoms with Crippen LogP contribution in [0.3, 0.4) is 0 Å². The maximum Gasteiger partial charge on any atom is 0.413 e. The number of nitrogens with one attached hydrogen (secondary N) is 1. The summed E-state index contributed by atoms with van der Waals surface area (Å²) in [5, 5.41) is 2.58. The first kappa shape index (κ1) is 13.5. The second kappa shape index (κ2) is 5.17. The van der Waals surface area contributed by atoms with Crippen LogP contribution in [-0.4, -0.2) is 17.2 Å². The third kappa shape index (κ3) is 4.43. The molecule has 0 aliphatic rings. The predicted octanol–water partition coefficient (Wildman–Crippen LogP) is 3.34. The highest BCUT2D eigenvalue weighted by Gasteiger charge is 2.14. The molecule has 17 heavy (non-hydrogen) atoms. The van der Waals surface area contributed by atoms with Crippen LogP contribution in [0, 0.1) is 0 Å². The van der Waals surface area contributed by atoms with Gasteiger partial charge in [-0.2, -0.15) is 0 Å². The van der Waals surface area contributed by atoms with E-state index in [9.17, 15) is 4.79 Å². The first-order chi connectivity index (χ1) is 7.79. The van der Waals surface area contributed by atoms with E-state index in [1.165, 1.54) is 0 Å². The summed E-state index contributed by atoms with van der Waals surface area (Å²) in [5.41, 5.74) is 1.18. The van der Waals surface area contributed by atoms with E-state index in [1.807, 2.05) is 6.07 Å². The molecule has 0 unspecified atom stereocenters. The summed E-state index contributed by atoms with van der Waals surface area (Å²) in [6.07, 6.45) is 1.16. The first-order valence-electron chi connectivity index (χ1n) is 5.73. The largest absolute Gasteiger partial charge is 0.447 e. The van der Waals surface area contributed by atoms with Crippen molar-refractivity contribution in [3.8, 4) is 0 Å². The molecule has 0 saturated carbocycles. The number of anilines is 1. The van der Waals surface area contributed by atoms with Gasteiger partial charge in [0.25, 0.3) is 0 Å². The van der Waals surface area contributed by atoms with E-state index >= 15 is 0 Å². The lowest BCUT2D eigenvalue weighted by Crippen LogP contribution is -2.19. The molecule has 1 aromatic rings. The Morgan fingerprint density at radius 2 is 2.00 bits per heavy atom. The van der Waals surface area contributed by atoms with E-state index in [1.54, 1.807) is 26.1 Å². The molecule has 0 aliphatic heterocycles. The fourth-order valence-electron chi connectivity index (χ4n) is 1.26.